The van der Waals surface area contributed by atoms with Crippen LogP contribution in [-0.4, -0.2) is 18.2 Å². The minimum Gasteiger partial charge on any atom is -0.424 e. The van der Waals surface area contributed by atoms with Gasteiger partial charge in [0.1, 0.15) is 5.75 Å². The lowest BCUT2D eigenvalue weighted by molar-refractivity contribution is -0.384. The van der Waals surface area contributed by atoms with Crippen LogP contribution < -0.4 is 4.52 Å². The molecule has 0 aromatic heterocycles. The van der Waals surface area contributed by atoms with Crippen LogP contribution in [0.15, 0.2) is 24.3 Å². The lowest BCUT2D eigenvalue weighted by Gasteiger charge is -2.17. The number of nitro groups is 1. The zero-order valence-electron chi connectivity index (χ0n) is 15.3. The fraction of sp³-hybridized carbons (Fsp3) is 0.667. The number of hydrogen-bond donors (Lipinski definition) is 0. The molecule has 0 aliphatic heterocycles. The molecule has 0 aliphatic carbocycles. The fourth-order valence-corrected chi connectivity index (χ4v) is 3.98. The molecule has 0 saturated heterocycles. The van der Waals surface area contributed by atoms with Crippen molar-refractivity contribution in [2.24, 2.45) is 0 Å². The van der Waals surface area contributed by atoms with Gasteiger partial charge in [-0.2, -0.15) is 0 Å². The molecule has 0 heterocycles. The van der Waals surface area contributed by atoms with Crippen LogP contribution in [0.5, 0.6) is 5.75 Å². The van der Waals surface area contributed by atoms with Crippen molar-refractivity contribution in [2.45, 2.75) is 64.7 Å². The highest BCUT2D eigenvalue weighted by Gasteiger charge is 2.24. The molecule has 1 unspecified atom stereocenters. The van der Waals surface area contributed by atoms with E-state index in [4.69, 9.17) is 9.05 Å². The summed E-state index contributed by atoms with van der Waals surface area (Å²) in [4.78, 5) is 10.2. The number of hydrogen-bond acceptors (Lipinski definition) is 5. The minimum absolute atomic E-state index is 0.0291. The first-order valence-electron chi connectivity index (χ1n) is 9.09. The van der Waals surface area contributed by atoms with Crippen LogP contribution >= 0.6 is 7.60 Å². The molecule has 0 saturated carbocycles. The number of rotatable bonds is 14. The third-order valence-corrected chi connectivity index (χ3v) is 6.02. The van der Waals surface area contributed by atoms with Crippen LogP contribution in [-0.2, 0) is 9.09 Å². The number of benzene rings is 1. The van der Waals surface area contributed by atoms with E-state index in [1.165, 1.54) is 69.9 Å². The van der Waals surface area contributed by atoms with Crippen molar-refractivity contribution in [1.29, 1.82) is 0 Å². The van der Waals surface area contributed by atoms with Gasteiger partial charge in [0.15, 0.2) is 0 Å². The van der Waals surface area contributed by atoms with E-state index in [1.54, 1.807) is 0 Å². The Morgan fingerprint density at radius 2 is 1.48 bits per heavy atom. The quantitative estimate of drug-likeness (QED) is 0.165. The molecule has 1 aromatic carbocycles. The number of unbranched alkanes of at least 4 members (excludes halogenated alkanes) is 8. The van der Waals surface area contributed by atoms with Gasteiger partial charge in [-0.1, -0.05) is 58.3 Å². The largest absolute Gasteiger partial charge is 0.424 e. The highest BCUT2D eigenvalue weighted by atomic mass is 31.2. The summed E-state index contributed by atoms with van der Waals surface area (Å²) in [7, 11) is -1.83. The molecule has 1 atom stereocenters. The van der Waals surface area contributed by atoms with Crippen molar-refractivity contribution in [3.63, 3.8) is 0 Å². The third-order valence-electron chi connectivity index (χ3n) is 4.11. The summed E-state index contributed by atoms with van der Waals surface area (Å²) in [5, 5.41) is 10.6. The summed E-state index contributed by atoms with van der Waals surface area (Å²) in [6, 6.07) is 5.54. The van der Waals surface area contributed by atoms with E-state index in [-0.39, 0.29) is 5.69 Å². The molecule has 0 bridgehead atoms. The fourth-order valence-electron chi connectivity index (χ4n) is 2.58. The summed E-state index contributed by atoms with van der Waals surface area (Å²) >= 11 is 0. The molecule has 1 aromatic rings. The first kappa shape index (κ1) is 21.7. The predicted octanol–water partition coefficient (Wildman–Crippen LogP) is 6.34. The van der Waals surface area contributed by atoms with Gasteiger partial charge >= 0.3 is 7.60 Å². The van der Waals surface area contributed by atoms with Gasteiger partial charge in [0, 0.05) is 19.2 Å². The maximum absolute atomic E-state index is 12.6. The second kappa shape index (κ2) is 12.0. The van der Waals surface area contributed by atoms with Gasteiger partial charge in [0.2, 0.25) is 0 Å². The zero-order valence-corrected chi connectivity index (χ0v) is 16.2. The average Bonchev–Trinajstić information content (AvgIpc) is 2.61. The van der Waals surface area contributed by atoms with Crippen LogP contribution in [0.4, 0.5) is 5.69 Å². The van der Waals surface area contributed by atoms with E-state index < -0.39 is 12.5 Å². The Balaban J connectivity index is 2.29. The van der Waals surface area contributed by atoms with Crippen LogP contribution in [0.3, 0.4) is 0 Å². The molecule has 1 rings (SSSR count). The SMILES string of the molecule is CCCCCCCCCCCP(=O)(OC)Oc1ccc([N+](=O)[O-])cc1. The van der Waals surface area contributed by atoms with Gasteiger partial charge in [0.05, 0.1) is 11.1 Å². The summed E-state index contributed by atoms with van der Waals surface area (Å²) in [6.07, 6.45) is 11.0. The first-order chi connectivity index (χ1) is 12.0. The minimum atomic E-state index is -3.20. The Morgan fingerprint density at radius 1 is 0.960 bits per heavy atom. The molecule has 0 fully saturated rings. The molecule has 0 amide bonds. The standard InChI is InChI=1S/C18H30NO5P/c1-3-4-5-6-7-8-9-10-11-16-25(22,23-2)24-18-14-12-17(13-15-18)19(20)21/h12-15H,3-11,16H2,1-2H3. The van der Waals surface area contributed by atoms with Gasteiger partial charge in [0.25, 0.3) is 5.69 Å². The maximum Gasteiger partial charge on any atom is 0.378 e. The smallest absolute Gasteiger partial charge is 0.378 e. The summed E-state index contributed by atoms with van der Waals surface area (Å²) in [5.41, 5.74) is -0.0291. The van der Waals surface area contributed by atoms with Gasteiger partial charge < -0.3 is 9.05 Å². The second-order valence-electron chi connectivity index (χ2n) is 6.19. The number of nitro benzene ring substituents is 1. The van der Waals surface area contributed by atoms with Crippen LogP contribution in [0.25, 0.3) is 0 Å². The lowest BCUT2D eigenvalue weighted by atomic mass is 10.1. The van der Waals surface area contributed by atoms with E-state index in [9.17, 15) is 14.7 Å². The summed E-state index contributed by atoms with van der Waals surface area (Å²) in [6.45, 7) is 2.22. The molecule has 0 aliphatic rings. The van der Waals surface area contributed by atoms with Crippen molar-refractivity contribution in [3.05, 3.63) is 34.4 Å². The number of non-ortho nitro benzene ring substituents is 1. The Hall–Kier alpha value is -1.39. The molecular formula is C18H30NO5P. The molecular weight excluding hydrogens is 341 g/mol. The Labute approximate surface area is 150 Å². The van der Waals surface area contributed by atoms with Gasteiger partial charge in [-0.3, -0.25) is 10.1 Å². The number of nitrogens with zero attached hydrogens (tertiary/aromatic N) is 1. The average molecular weight is 371 g/mol. The van der Waals surface area contributed by atoms with E-state index >= 15 is 0 Å². The summed E-state index contributed by atoms with van der Waals surface area (Å²) in [5.74, 6) is 0.326. The van der Waals surface area contributed by atoms with Gasteiger partial charge in [-0.05, 0) is 18.6 Å². The molecule has 0 N–H and O–H groups in total. The molecule has 25 heavy (non-hydrogen) atoms. The predicted molar refractivity (Wildman–Crippen MR) is 100 cm³/mol. The molecule has 0 radical (unpaired) electrons. The Kier molecular flexibility index (Phi) is 10.4. The molecule has 7 heteroatoms. The van der Waals surface area contributed by atoms with Crippen molar-refractivity contribution >= 4 is 13.3 Å². The van der Waals surface area contributed by atoms with Crippen molar-refractivity contribution in [3.8, 4) is 5.75 Å². The summed E-state index contributed by atoms with van der Waals surface area (Å²) < 4.78 is 23.2. The van der Waals surface area contributed by atoms with Crippen LogP contribution in [0, 0.1) is 10.1 Å². The van der Waals surface area contributed by atoms with E-state index in [1.807, 2.05) is 0 Å². The highest BCUT2D eigenvalue weighted by molar-refractivity contribution is 7.54. The molecule has 142 valence electrons. The van der Waals surface area contributed by atoms with Gasteiger partial charge in [-0.25, -0.2) is 4.57 Å². The Bertz CT molecular complexity index is 547. The van der Waals surface area contributed by atoms with Crippen LogP contribution in [0.2, 0.25) is 0 Å². The second-order valence-corrected chi connectivity index (χ2v) is 8.40. The normalized spacial score (nSPS) is 13.4. The lowest BCUT2D eigenvalue weighted by Crippen LogP contribution is -2.01. The third kappa shape index (κ3) is 9.03. The van der Waals surface area contributed by atoms with Crippen molar-refractivity contribution in [1.82, 2.24) is 0 Å². The zero-order chi connectivity index (χ0) is 18.5. The van der Waals surface area contributed by atoms with Crippen LogP contribution in [0.1, 0.15) is 64.7 Å². The topological polar surface area (TPSA) is 78.7 Å². The van der Waals surface area contributed by atoms with Crippen molar-refractivity contribution < 1.29 is 18.5 Å². The van der Waals surface area contributed by atoms with E-state index in [2.05, 4.69) is 6.92 Å². The molecule has 6 nitrogen and oxygen atoms in total. The Morgan fingerprint density at radius 3 is 1.96 bits per heavy atom. The van der Waals surface area contributed by atoms with Gasteiger partial charge in [-0.15, -0.1) is 0 Å². The monoisotopic (exact) mass is 371 g/mol. The van der Waals surface area contributed by atoms with Crippen molar-refractivity contribution in [2.75, 3.05) is 13.3 Å². The van der Waals surface area contributed by atoms with E-state index in [0.717, 1.165) is 19.3 Å². The molecule has 0 spiro atoms. The first-order valence-corrected chi connectivity index (χ1v) is 10.8. The maximum atomic E-state index is 12.6. The highest BCUT2D eigenvalue weighted by Crippen LogP contribution is 2.48. The van der Waals surface area contributed by atoms with E-state index in [0.29, 0.717) is 11.9 Å².